The summed E-state index contributed by atoms with van der Waals surface area (Å²) in [6, 6.07) is 21.0. The minimum absolute atomic E-state index is 0.0466. The second-order valence-corrected chi connectivity index (χ2v) is 6.81. The first-order valence-electron chi connectivity index (χ1n) is 9.62. The Morgan fingerprint density at radius 2 is 1.65 bits per heavy atom. The van der Waals surface area contributed by atoms with Crippen molar-refractivity contribution in [3.8, 4) is 11.5 Å². The molecule has 0 aromatic heterocycles. The third-order valence-electron chi connectivity index (χ3n) is 4.56. The molecule has 3 N–H and O–H groups in total. The summed E-state index contributed by atoms with van der Waals surface area (Å²) in [5.41, 5.74) is 5.81. The van der Waals surface area contributed by atoms with E-state index in [-0.39, 0.29) is 17.4 Å². The monoisotopic (exact) mass is 417 g/mol. The number of anilines is 1. The van der Waals surface area contributed by atoms with E-state index in [9.17, 15) is 14.7 Å². The van der Waals surface area contributed by atoms with Crippen molar-refractivity contribution < 1.29 is 19.4 Å². The molecule has 0 saturated carbocycles. The number of aromatic hydroxyl groups is 1. The topological polar surface area (TPSA) is 100 Å². The maximum atomic E-state index is 12.3. The van der Waals surface area contributed by atoms with Crippen molar-refractivity contribution in [2.45, 2.75) is 13.3 Å². The van der Waals surface area contributed by atoms with Gasteiger partial charge >= 0.3 is 0 Å². The molecule has 0 aliphatic rings. The molecule has 0 saturated heterocycles. The Morgan fingerprint density at radius 1 is 0.968 bits per heavy atom. The lowest BCUT2D eigenvalue weighted by molar-refractivity contribution is -0.115. The number of rotatable bonds is 7. The molecule has 0 atom stereocenters. The van der Waals surface area contributed by atoms with Crippen molar-refractivity contribution in [1.29, 1.82) is 0 Å². The summed E-state index contributed by atoms with van der Waals surface area (Å²) in [5.74, 6) is -0.365. The Kier molecular flexibility index (Phi) is 7.01. The van der Waals surface area contributed by atoms with Crippen LogP contribution in [-0.2, 0) is 11.2 Å². The molecule has 7 nitrogen and oxygen atoms in total. The number of benzene rings is 3. The van der Waals surface area contributed by atoms with Crippen molar-refractivity contribution in [2.24, 2.45) is 5.10 Å². The molecule has 3 aromatic carbocycles. The highest BCUT2D eigenvalue weighted by atomic mass is 16.5. The Labute approximate surface area is 180 Å². The average Bonchev–Trinajstić information content (AvgIpc) is 2.78. The van der Waals surface area contributed by atoms with Gasteiger partial charge in [-0.15, -0.1) is 0 Å². The molecule has 0 heterocycles. The number of methoxy groups -OCH3 is 1. The highest BCUT2D eigenvalue weighted by molar-refractivity contribution is 6.01. The van der Waals surface area contributed by atoms with Gasteiger partial charge in [-0.25, -0.2) is 5.43 Å². The van der Waals surface area contributed by atoms with Gasteiger partial charge in [-0.3, -0.25) is 9.59 Å². The fraction of sp³-hybridized carbons (Fsp3) is 0.125. The summed E-state index contributed by atoms with van der Waals surface area (Å²) in [4.78, 5) is 24.5. The van der Waals surface area contributed by atoms with Gasteiger partial charge in [0.25, 0.3) is 5.91 Å². The van der Waals surface area contributed by atoms with E-state index in [0.29, 0.717) is 23.4 Å². The standard InChI is InChI=1S/C24H23N3O4/c1-16(26-27-24(30)19-10-13-21(28)22(15-19)31-2)18-8-11-20(12-9-18)25-23(29)14-17-6-4-3-5-7-17/h3-13,15,28H,14H2,1-2H3,(H,25,29)(H,27,30)/b26-16+. The van der Waals surface area contributed by atoms with Crippen molar-refractivity contribution in [1.82, 2.24) is 5.43 Å². The third-order valence-corrected chi connectivity index (χ3v) is 4.56. The average molecular weight is 417 g/mol. The lowest BCUT2D eigenvalue weighted by atomic mass is 10.1. The van der Waals surface area contributed by atoms with Gasteiger partial charge in [0.05, 0.1) is 19.2 Å². The summed E-state index contributed by atoms with van der Waals surface area (Å²) in [6.07, 6.45) is 0.303. The van der Waals surface area contributed by atoms with Crippen LogP contribution in [0.5, 0.6) is 11.5 Å². The van der Waals surface area contributed by atoms with Crippen LogP contribution < -0.4 is 15.5 Å². The van der Waals surface area contributed by atoms with E-state index in [0.717, 1.165) is 11.1 Å². The maximum Gasteiger partial charge on any atom is 0.271 e. The predicted molar refractivity (Wildman–Crippen MR) is 120 cm³/mol. The van der Waals surface area contributed by atoms with Gasteiger partial charge in [-0.05, 0) is 48.4 Å². The Bertz CT molecular complexity index is 1090. The van der Waals surface area contributed by atoms with E-state index < -0.39 is 5.91 Å². The number of carbonyl (C=O) groups excluding carboxylic acids is 2. The number of phenolic OH excluding ortho intramolecular Hbond substituents is 1. The molecule has 2 amide bonds. The van der Waals surface area contributed by atoms with Crippen LogP contribution in [-0.4, -0.2) is 29.7 Å². The van der Waals surface area contributed by atoms with E-state index in [4.69, 9.17) is 4.74 Å². The van der Waals surface area contributed by atoms with Gasteiger partial charge in [0.2, 0.25) is 5.91 Å². The van der Waals surface area contributed by atoms with E-state index >= 15 is 0 Å². The summed E-state index contributed by atoms with van der Waals surface area (Å²) in [7, 11) is 1.41. The lowest BCUT2D eigenvalue weighted by Crippen LogP contribution is -2.19. The molecule has 158 valence electrons. The number of hydrazone groups is 1. The zero-order chi connectivity index (χ0) is 22.2. The molecule has 31 heavy (non-hydrogen) atoms. The third kappa shape index (κ3) is 5.93. The SMILES string of the molecule is COc1cc(C(=O)N/N=C(\C)c2ccc(NC(=O)Cc3ccccc3)cc2)ccc1O. The van der Waals surface area contributed by atoms with Gasteiger partial charge in [0.15, 0.2) is 11.5 Å². The number of nitrogens with zero attached hydrogens (tertiary/aromatic N) is 1. The molecule has 3 aromatic rings. The van der Waals surface area contributed by atoms with Gasteiger partial charge in [-0.1, -0.05) is 42.5 Å². The molecule has 0 fully saturated rings. The second-order valence-electron chi connectivity index (χ2n) is 6.81. The minimum Gasteiger partial charge on any atom is -0.504 e. The molecule has 0 spiro atoms. The van der Waals surface area contributed by atoms with Crippen molar-refractivity contribution in [3.63, 3.8) is 0 Å². The number of hydrogen-bond donors (Lipinski definition) is 3. The smallest absolute Gasteiger partial charge is 0.271 e. The first-order valence-corrected chi connectivity index (χ1v) is 9.62. The molecule has 0 radical (unpaired) electrons. The number of nitrogens with one attached hydrogen (secondary N) is 2. The first kappa shape index (κ1) is 21.6. The summed E-state index contributed by atoms with van der Waals surface area (Å²) < 4.78 is 5.01. The van der Waals surface area contributed by atoms with Crippen molar-refractivity contribution in [3.05, 3.63) is 89.5 Å². The van der Waals surface area contributed by atoms with E-state index in [1.54, 1.807) is 19.1 Å². The number of ether oxygens (including phenoxy) is 1. The molecule has 7 heteroatoms. The zero-order valence-corrected chi connectivity index (χ0v) is 17.3. The van der Waals surface area contributed by atoms with Crippen LogP contribution in [0.3, 0.4) is 0 Å². The van der Waals surface area contributed by atoms with Crippen LogP contribution in [0.1, 0.15) is 28.4 Å². The quantitative estimate of drug-likeness (QED) is 0.403. The fourth-order valence-electron chi connectivity index (χ4n) is 2.86. The molecular weight excluding hydrogens is 394 g/mol. The highest BCUT2D eigenvalue weighted by Crippen LogP contribution is 2.26. The van der Waals surface area contributed by atoms with Gasteiger partial charge < -0.3 is 15.2 Å². The van der Waals surface area contributed by atoms with Crippen molar-refractivity contribution in [2.75, 3.05) is 12.4 Å². The zero-order valence-electron chi connectivity index (χ0n) is 17.3. The second kappa shape index (κ2) is 10.1. The van der Waals surface area contributed by atoms with Crippen LogP contribution in [0.25, 0.3) is 0 Å². The normalized spacial score (nSPS) is 11.0. The summed E-state index contributed by atoms with van der Waals surface area (Å²) in [5, 5.41) is 16.6. The van der Waals surface area contributed by atoms with Crippen LogP contribution in [0.4, 0.5) is 5.69 Å². The van der Waals surface area contributed by atoms with E-state index in [1.807, 2.05) is 42.5 Å². The maximum absolute atomic E-state index is 12.3. The van der Waals surface area contributed by atoms with Gasteiger partial charge in [0, 0.05) is 11.3 Å². The number of carbonyl (C=O) groups is 2. The number of phenols is 1. The summed E-state index contributed by atoms with van der Waals surface area (Å²) >= 11 is 0. The molecular formula is C24H23N3O4. The highest BCUT2D eigenvalue weighted by Gasteiger charge is 2.10. The Balaban J connectivity index is 1.59. The Hall–Kier alpha value is -4.13. The lowest BCUT2D eigenvalue weighted by Gasteiger charge is -2.08. The molecule has 3 rings (SSSR count). The van der Waals surface area contributed by atoms with Crippen LogP contribution in [0.15, 0.2) is 77.9 Å². The van der Waals surface area contributed by atoms with E-state index in [2.05, 4.69) is 15.8 Å². The van der Waals surface area contributed by atoms with Crippen molar-refractivity contribution >= 4 is 23.2 Å². The largest absolute Gasteiger partial charge is 0.504 e. The fourth-order valence-corrected chi connectivity index (χ4v) is 2.86. The minimum atomic E-state index is -0.428. The number of amides is 2. The van der Waals surface area contributed by atoms with E-state index in [1.165, 1.54) is 25.3 Å². The van der Waals surface area contributed by atoms with Crippen LogP contribution in [0, 0.1) is 0 Å². The van der Waals surface area contributed by atoms with Gasteiger partial charge in [-0.2, -0.15) is 5.10 Å². The molecule has 0 bridgehead atoms. The first-order chi connectivity index (χ1) is 15.0. The molecule has 0 aliphatic heterocycles. The van der Waals surface area contributed by atoms with Crippen LogP contribution in [0.2, 0.25) is 0 Å². The van der Waals surface area contributed by atoms with Gasteiger partial charge in [0.1, 0.15) is 0 Å². The predicted octanol–water partition coefficient (Wildman–Crippen LogP) is 3.74. The molecule has 0 aliphatic carbocycles. The van der Waals surface area contributed by atoms with Crippen LogP contribution >= 0.6 is 0 Å². The number of hydrogen-bond acceptors (Lipinski definition) is 5. The Morgan fingerprint density at radius 3 is 2.32 bits per heavy atom. The molecule has 0 unspecified atom stereocenters. The summed E-state index contributed by atoms with van der Waals surface area (Å²) in [6.45, 7) is 1.76.